The highest BCUT2D eigenvalue weighted by Crippen LogP contribution is 2.29. The van der Waals surface area contributed by atoms with Gasteiger partial charge in [-0.1, -0.05) is 6.07 Å². The van der Waals surface area contributed by atoms with Gasteiger partial charge in [0.15, 0.2) is 5.69 Å². The molecule has 1 aromatic heterocycles. The van der Waals surface area contributed by atoms with Crippen molar-refractivity contribution >= 4 is 17.6 Å². The van der Waals surface area contributed by atoms with Crippen LogP contribution in [0.15, 0.2) is 24.3 Å². The van der Waals surface area contributed by atoms with E-state index in [1.165, 1.54) is 10.7 Å². The van der Waals surface area contributed by atoms with Gasteiger partial charge in [-0.3, -0.25) is 9.48 Å². The van der Waals surface area contributed by atoms with E-state index in [1.54, 1.807) is 7.05 Å². The Morgan fingerprint density at radius 3 is 2.89 bits per heavy atom. The second-order valence-corrected chi connectivity index (χ2v) is 4.44. The number of fused-ring (bicyclic) bond motifs is 1. The van der Waals surface area contributed by atoms with E-state index < -0.39 is 5.97 Å². The third kappa shape index (κ3) is 1.87. The number of anilines is 1. The summed E-state index contributed by atoms with van der Waals surface area (Å²) in [6.45, 7) is 0. The predicted molar refractivity (Wildman–Crippen MR) is 67.9 cm³/mol. The fourth-order valence-corrected chi connectivity index (χ4v) is 2.23. The standard InChI is InChI=1S/C13H11N3O3/c1-16-11(6-10(15-16)13(18)19)7-2-3-9-8(4-7)5-12(17)14-9/h2-4,6H,5H2,1H3,(H,14,17)(H,18,19). The second kappa shape index (κ2) is 3.94. The average Bonchev–Trinajstić information content (AvgIpc) is 2.90. The van der Waals surface area contributed by atoms with Gasteiger partial charge >= 0.3 is 5.97 Å². The molecule has 6 heteroatoms. The van der Waals surface area contributed by atoms with E-state index in [4.69, 9.17) is 5.11 Å². The van der Waals surface area contributed by atoms with Gasteiger partial charge in [-0.15, -0.1) is 0 Å². The van der Waals surface area contributed by atoms with Gasteiger partial charge in [0.1, 0.15) is 0 Å². The van der Waals surface area contributed by atoms with E-state index in [0.717, 1.165) is 16.8 Å². The van der Waals surface area contributed by atoms with Crippen LogP contribution in [-0.4, -0.2) is 26.8 Å². The molecule has 1 amide bonds. The summed E-state index contributed by atoms with van der Waals surface area (Å²) in [5.41, 5.74) is 3.29. The number of carbonyl (C=O) groups is 2. The number of carbonyl (C=O) groups excluding carboxylic acids is 1. The maximum Gasteiger partial charge on any atom is 0.356 e. The van der Waals surface area contributed by atoms with Crippen molar-refractivity contribution in [1.82, 2.24) is 9.78 Å². The average molecular weight is 257 g/mol. The molecule has 0 atom stereocenters. The third-order valence-electron chi connectivity index (χ3n) is 3.13. The zero-order chi connectivity index (χ0) is 13.6. The monoisotopic (exact) mass is 257 g/mol. The Bertz CT molecular complexity index is 703. The normalized spacial score (nSPS) is 13.2. The van der Waals surface area contributed by atoms with Gasteiger partial charge in [-0.25, -0.2) is 4.79 Å². The van der Waals surface area contributed by atoms with Crippen LogP contribution in [0.1, 0.15) is 16.1 Å². The Morgan fingerprint density at radius 1 is 1.42 bits per heavy atom. The van der Waals surface area contributed by atoms with E-state index in [2.05, 4.69) is 10.4 Å². The molecule has 2 heterocycles. The molecule has 0 aliphatic carbocycles. The SMILES string of the molecule is Cn1nc(C(=O)O)cc1-c1ccc2c(c1)CC(=O)N2. The lowest BCUT2D eigenvalue weighted by Crippen LogP contribution is -2.03. The number of hydrogen-bond acceptors (Lipinski definition) is 3. The Morgan fingerprint density at radius 2 is 2.21 bits per heavy atom. The van der Waals surface area contributed by atoms with Crippen molar-refractivity contribution in [3.63, 3.8) is 0 Å². The summed E-state index contributed by atoms with van der Waals surface area (Å²) in [4.78, 5) is 22.2. The van der Waals surface area contributed by atoms with E-state index in [-0.39, 0.29) is 11.6 Å². The van der Waals surface area contributed by atoms with Crippen LogP contribution in [-0.2, 0) is 18.3 Å². The maximum absolute atomic E-state index is 11.3. The van der Waals surface area contributed by atoms with Gasteiger partial charge in [0.25, 0.3) is 0 Å². The summed E-state index contributed by atoms with van der Waals surface area (Å²) in [6, 6.07) is 7.07. The Balaban J connectivity index is 2.06. The molecule has 1 aliphatic heterocycles. The topological polar surface area (TPSA) is 84.2 Å². The number of nitrogens with zero attached hydrogens (tertiary/aromatic N) is 2. The molecule has 0 radical (unpaired) electrons. The van der Waals surface area contributed by atoms with Gasteiger partial charge < -0.3 is 10.4 Å². The summed E-state index contributed by atoms with van der Waals surface area (Å²) >= 11 is 0. The van der Waals surface area contributed by atoms with E-state index in [9.17, 15) is 9.59 Å². The number of benzene rings is 1. The summed E-state index contributed by atoms with van der Waals surface area (Å²) in [7, 11) is 1.69. The van der Waals surface area contributed by atoms with Crippen LogP contribution in [0.25, 0.3) is 11.3 Å². The van der Waals surface area contributed by atoms with Crippen LogP contribution in [0.2, 0.25) is 0 Å². The summed E-state index contributed by atoms with van der Waals surface area (Å²) < 4.78 is 1.52. The van der Waals surface area contributed by atoms with Gasteiger partial charge in [0.2, 0.25) is 5.91 Å². The van der Waals surface area contributed by atoms with Gasteiger partial charge in [-0.2, -0.15) is 5.10 Å². The number of carboxylic acid groups (broad SMARTS) is 1. The van der Waals surface area contributed by atoms with Gasteiger partial charge in [-0.05, 0) is 23.8 Å². The zero-order valence-electron chi connectivity index (χ0n) is 10.2. The lowest BCUT2D eigenvalue weighted by Gasteiger charge is -2.04. The molecule has 0 fully saturated rings. The number of hydrogen-bond donors (Lipinski definition) is 2. The first-order chi connectivity index (χ1) is 9.04. The fourth-order valence-electron chi connectivity index (χ4n) is 2.23. The summed E-state index contributed by atoms with van der Waals surface area (Å²) in [6.07, 6.45) is 0.354. The van der Waals surface area contributed by atoms with Crippen molar-refractivity contribution in [3.05, 3.63) is 35.5 Å². The minimum atomic E-state index is -1.06. The second-order valence-electron chi connectivity index (χ2n) is 4.44. The Kier molecular flexibility index (Phi) is 2.38. The number of amides is 1. The molecule has 0 unspecified atom stereocenters. The molecule has 0 saturated heterocycles. The van der Waals surface area contributed by atoms with Crippen LogP contribution in [0, 0.1) is 0 Å². The number of aromatic nitrogens is 2. The van der Waals surface area contributed by atoms with Crippen molar-refractivity contribution in [2.75, 3.05) is 5.32 Å². The van der Waals surface area contributed by atoms with Crippen molar-refractivity contribution < 1.29 is 14.7 Å². The molecule has 1 aromatic carbocycles. The number of aromatic carboxylic acids is 1. The Hall–Kier alpha value is -2.63. The van der Waals surface area contributed by atoms with Crippen molar-refractivity contribution in [2.45, 2.75) is 6.42 Å². The van der Waals surface area contributed by atoms with Crippen molar-refractivity contribution in [3.8, 4) is 11.3 Å². The molecule has 0 saturated carbocycles. The van der Waals surface area contributed by atoms with Crippen LogP contribution >= 0.6 is 0 Å². The van der Waals surface area contributed by atoms with Gasteiger partial charge in [0.05, 0.1) is 12.1 Å². The molecule has 2 N–H and O–H groups in total. The highest BCUT2D eigenvalue weighted by atomic mass is 16.4. The lowest BCUT2D eigenvalue weighted by molar-refractivity contribution is -0.115. The van der Waals surface area contributed by atoms with Crippen molar-refractivity contribution in [1.29, 1.82) is 0 Å². The minimum absolute atomic E-state index is 0.00667. The van der Waals surface area contributed by atoms with Gasteiger partial charge in [0, 0.05) is 18.3 Å². The molecule has 19 heavy (non-hydrogen) atoms. The lowest BCUT2D eigenvalue weighted by atomic mass is 10.1. The molecular formula is C13H11N3O3. The molecule has 2 aromatic rings. The molecular weight excluding hydrogens is 246 g/mol. The van der Waals surface area contributed by atoms with E-state index in [0.29, 0.717) is 12.1 Å². The first-order valence-electron chi connectivity index (χ1n) is 5.75. The van der Waals surface area contributed by atoms with Crippen molar-refractivity contribution in [2.24, 2.45) is 7.05 Å². The number of aryl methyl sites for hydroxylation is 1. The largest absolute Gasteiger partial charge is 0.476 e. The van der Waals surface area contributed by atoms with Crippen LogP contribution in [0.3, 0.4) is 0 Å². The molecule has 1 aliphatic rings. The molecule has 3 rings (SSSR count). The van der Waals surface area contributed by atoms with Crippen LogP contribution in [0.5, 0.6) is 0 Å². The fraction of sp³-hybridized carbons (Fsp3) is 0.154. The summed E-state index contributed by atoms with van der Waals surface area (Å²) in [5, 5.41) is 15.6. The number of nitrogens with one attached hydrogen (secondary N) is 1. The Labute approximate surface area is 108 Å². The molecule has 0 bridgehead atoms. The number of carboxylic acids is 1. The molecule has 96 valence electrons. The summed E-state index contributed by atoms with van der Waals surface area (Å²) in [5.74, 6) is -1.08. The maximum atomic E-state index is 11.3. The first kappa shape index (κ1) is 11.5. The smallest absolute Gasteiger partial charge is 0.356 e. The minimum Gasteiger partial charge on any atom is -0.476 e. The number of rotatable bonds is 2. The zero-order valence-corrected chi connectivity index (χ0v) is 10.2. The third-order valence-corrected chi connectivity index (χ3v) is 3.13. The first-order valence-corrected chi connectivity index (χ1v) is 5.75. The highest BCUT2D eigenvalue weighted by molar-refractivity contribution is 5.99. The quantitative estimate of drug-likeness (QED) is 0.848. The van der Waals surface area contributed by atoms with Crippen LogP contribution in [0.4, 0.5) is 5.69 Å². The molecule has 0 spiro atoms. The predicted octanol–water partition coefficient (Wildman–Crippen LogP) is 1.28. The van der Waals surface area contributed by atoms with E-state index in [1.807, 2.05) is 18.2 Å². The van der Waals surface area contributed by atoms with E-state index >= 15 is 0 Å². The van der Waals surface area contributed by atoms with Crippen LogP contribution < -0.4 is 5.32 Å². The molecule has 6 nitrogen and oxygen atoms in total. The highest BCUT2D eigenvalue weighted by Gasteiger charge is 2.19.